The molecule has 0 unspecified atom stereocenters. The molecular weight excluding hydrogens is 518 g/mol. The molecule has 2 aromatic heterocycles. The number of aryl methyl sites for hydroxylation is 2. The van der Waals surface area contributed by atoms with Crippen LogP contribution in [0.3, 0.4) is 0 Å². The number of methoxy groups -OCH3 is 1. The fraction of sp³-hybridized carbons (Fsp3) is 0.296. The lowest BCUT2D eigenvalue weighted by atomic mass is 10.1. The van der Waals surface area contributed by atoms with Crippen LogP contribution in [-0.4, -0.2) is 73.4 Å². The van der Waals surface area contributed by atoms with Gasteiger partial charge in [-0.15, -0.1) is 0 Å². The first kappa shape index (κ1) is 26.4. The van der Waals surface area contributed by atoms with Crippen LogP contribution < -0.4 is 19.1 Å². The van der Waals surface area contributed by atoms with E-state index in [0.29, 0.717) is 11.4 Å². The van der Waals surface area contributed by atoms with Gasteiger partial charge in [-0.2, -0.15) is 10.1 Å². The number of rotatable bonds is 8. The Kier molecular flexibility index (Phi) is 7.40. The lowest BCUT2D eigenvalue weighted by molar-refractivity contribution is 0.313. The molecule has 12 heteroatoms. The number of nitrogens with zero attached hydrogens (tertiary/aromatic N) is 6. The second-order valence-corrected chi connectivity index (χ2v) is 11.1. The summed E-state index contributed by atoms with van der Waals surface area (Å²) in [5.74, 6) is 0.752. The predicted octanol–water partition coefficient (Wildman–Crippen LogP) is 3.54. The molecular formula is C27H31N7O4S. The molecule has 0 saturated carbocycles. The van der Waals surface area contributed by atoms with Crippen molar-refractivity contribution in [1.82, 2.24) is 24.6 Å². The van der Waals surface area contributed by atoms with Gasteiger partial charge in [0.15, 0.2) is 0 Å². The standard InChI is InChI=1S/C27H31N7O4S/c1-19-7-5-6-8-23(19)24-25(37-4)26(30-27(29-24)31-39(35,36)22-17-28-33(3)18-22)38-21-11-9-20(10-12-21)34-15-13-32(2)14-16-34/h5-12,17-18H,13-16H2,1-4H3,(H,29,30,31). The molecule has 204 valence electrons. The lowest BCUT2D eigenvalue weighted by Crippen LogP contribution is -2.44. The van der Waals surface area contributed by atoms with Crippen molar-refractivity contribution in [3.63, 3.8) is 0 Å². The highest BCUT2D eigenvalue weighted by Crippen LogP contribution is 2.40. The Balaban J connectivity index is 1.51. The number of likely N-dealkylation sites (N-methyl/N-ethyl adjacent to an activating group) is 1. The van der Waals surface area contributed by atoms with Crippen molar-refractivity contribution in [2.45, 2.75) is 11.8 Å². The van der Waals surface area contributed by atoms with Crippen molar-refractivity contribution in [3.05, 3.63) is 66.5 Å². The van der Waals surface area contributed by atoms with E-state index in [9.17, 15) is 8.42 Å². The van der Waals surface area contributed by atoms with Gasteiger partial charge in [-0.1, -0.05) is 24.3 Å². The number of aromatic nitrogens is 4. The Bertz CT molecular complexity index is 1560. The summed E-state index contributed by atoms with van der Waals surface area (Å²) in [6.45, 7) is 5.87. The van der Waals surface area contributed by atoms with Crippen molar-refractivity contribution in [2.75, 3.05) is 50.0 Å². The van der Waals surface area contributed by atoms with E-state index in [0.717, 1.165) is 43.0 Å². The van der Waals surface area contributed by atoms with Crippen LogP contribution in [0.4, 0.5) is 11.6 Å². The highest BCUT2D eigenvalue weighted by Gasteiger charge is 2.24. The summed E-state index contributed by atoms with van der Waals surface area (Å²) in [7, 11) is 1.27. The van der Waals surface area contributed by atoms with Gasteiger partial charge in [-0.3, -0.25) is 4.68 Å². The summed E-state index contributed by atoms with van der Waals surface area (Å²) in [5.41, 5.74) is 3.20. The quantitative estimate of drug-likeness (QED) is 0.352. The van der Waals surface area contributed by atoms with Crippen LogP contribution in [0, 0.1) is 6.92 Å². The number of nitrogens with one attached hydrogen (secondary N) is 1. The van der Waals surface area contributed by atoms with Crippen molar-refractivity contribution in [2.24, 2.45) is 7.05 Å². The molecule has 3 heterocycles. The maximum Gasteiger partial charge on any atom is 0.268 e. The van der Waals surface area contributed by atoms with Gasteiger partial charge < -0.3 is 19.3 Å². The number of anilines is 2. The summed E-state index contributed by atoms with van der Waals surface area (Å²) >= 11 is 0. The van der Waals surface area contributed by atoms with Crippen molar-refractivity contribution < 1.29 is 17.9 Å². The van der Waals surface area contributed by atoms with E-state index in [4.69, 9.17) is 9.47 Å². The van der Waals surface area contributed by atoms with Gasteiger partial charge in [0.2, 0.25) is 11.7 Å². The molecule has 5 rings (SSSR count). The average molecular weight is 550 g/mol. The summed E-state index contributed by atoms with van der Waals surface area (Å²) < 4.78 is 41.8. The molecule has 0 spiro atoms. The minimum Gasteiger partial charge on any atom is -0.490 e. The molecule has 0 aliphatic carbocycles. The van der Waals surface area contributed by atoms with E-state index in [1.165, 1.54) is 24.2 Å². The summed E-state index contributed by atoms with van der Waals surface area (Å²) in [6.07, 6.45) is 2.65. The Labute approximate surface area is 228 Å². The molecule has 1 saturated heterocycles. The number of ether oxygens (including phenoxy) is 2. The predicted molar refractivity (Wildman–Crippen MR) is 149 cm³/mol. The fourth-order valence-corrected chi connectivity index (χ4v) is 5.29. The van der Waals surface area contributed by atoms with Crippen LogP contribution in [0.2, 0.25) is 0 Å². The van der Waals surface area contributed by atoms with Crippen LogP contribution in [0.1, 0.15) is 5.56 Å². The van der Waals surface area contributed by atoms with E-state index in [2.05, 4.69) is 36.6 Å². The van der Waals surface area contributed by atoms with Gasteiger partial charge >= 0.3 is 0 Å². The normalized spacial score (nSPS) is 14.3. The SMILES string of the molecule is COc1c(Oc2ccc(N3CCN(C)CC3)cc2)nc(NS(=O)(=O)c2cnn(C)c2)nc1-c1ccccc1C. The molecule has 1 N–H and O–H groups in total. The highest BCUT2D eigenvalue weighted by molar-refractivity contribution is 7.92. The second-order valence-electron chi connectivity index (χ2n) is 9.39. The zero-order valence-corrected chi connectivity index (χ0v) is 23.1. The number of hydrogen-bond donors (Lipinski definition) is 1. The highest BCUT2D eigenvalue weighted by atomic mass is 32.2. The zero-order chi connectivity index (χ0) is 27.6. The Hall–Kier alpha value is -4.16. The van der Waals surface area contributed by atoms with Crippen LogP contribution in [-0.2, 0) is 17.1 Å². The van der Waals surface area contributed by atoms with Crippen molar-refractivity contribution in [3.8, 4) is 28.6 Å². The molecule has 1 fully saturated rings. The summed E-state index contributed by atoms with van der Waals surface area (Å²) in [5, 5.41) is 3.95. The molecule has 0 amide bonds. The lowest BCUT2D eigenvalue weighted by Gasteiger charge is -2.34. The monoisotopic (exact) mass is 549 g/mol. The Morgan fingerprint density at radius 1 is 0.949 bits per heavy atom. The van der Waals surface area contributed by atoms with Crippen LogP contribution in [0.15, 0.2) is 65.8 Å². The Morgan fingerprint density at radius 2 is 1.67 bits per heavy atom. The molecule has 11 nitrogen and oxygen atoms in total. The third-order valence-electron chi connectivity index (χ3n) is 6.58. The second kappa shape index (κ2) is 10.9. The zero-order valence-electron chi connectivity index (χ0n) is 22.3. The van der Waals surface area contributed by atoms with E-state index >= 15 is 0 Å². The van der Waals surface area contributed by atoms with Crippen LogP contribution in [0.5, 0.6) is 17.4 Å². The first-order valence-corrected chi connectivity index (χ1v) is 14.0. The molecule has 0 bridgehead atoms. The van der Waals surface area contributed by atoms with Crippen LogP contribution in [0.25, 0.3) is 11.3 Å². The minimum absolute atomic E-state index is 0.0103. The van der Waals surface area contributed by atoms with Gasteiger partial charge in [-0.25, -0.2) is 18.1 Å². The van der Waals surface area contributed by atoms with Gasteiger partial charge in [-0.05, 0) is 43.8 Å². The van der Waals surface area contributed by atoms with E-state index in [1.54, 1.807) is 7.05 Å². The Morgan fingerprint density at radius 3 is 2.31 bits per heavy atom. The third kappa shape index (κ3) is 5.81. The largest absolute Gasteiger partial charge is 0.490 e. The molecule has 1 aliphatic rings. The number of benzene rings is 2. The number of piperazine rings is 1. The smallest absolute Gasteiger partial charge is 0.268 e. The fourth-order valence-electron chi connectivity index (χ4n) is 4.37. The van der Waals surface area contributed by atoms with Gasteiger partial charge in [0.1, 0.15) is 16.3 Å². The van der Waals surface area contributed by atoms with Gasteiger partial charge in [0.05, 0.1) is 13.3 Å². The topological polar surface area (TPSA) is 115 Å². The van der Waals surface area contributed by atoms with E-state index in [-0.39, 0.29) is 22.5 Å². The molecule has 0 atom stereocenters. The van der Waals surface area contributed by atoms with Crippen LogP contribution >= 0.6 is 0 Å². The van der Waals surface area contributed by atoms with E-state index in [1.807, 2.05) is 55.5 Å². The molecule has 1 aliphatic heterocycles. The van der Waals surface area contributed by atoms with Gasteiger partial charge in [0, 0.05) is 50.7 Å². The summed E-state index contributed by atoms with van der Waals surface area (Å²) in [4.78, 5) is 13.6. The summed E-state index contributed by atoms with van der Waals surface area (Å²) in [6, 6.07) is 15.3. The van der Waals surface area contributed by atoms with E-state index < -0.39 is 10.0 Å². The van der Waals surface area contributed by atoms with Crippen molar-refractivity contribution in [1.29, 1.82) is 0 Å². The number of sulfonamides is 1. The number of hydrogen-bond acceptors (Lipinski definition) is 9. The minimum atomic E-state index is -4.00. The third-order valence-corrected chi connectivity index (χ3v) is 7.86. The first-order valence-electron chi connectivity index (χ1n) is 12.5. The maximum atomic E-state index is 13.0. The average Bonchev–Trinajstić information content (AvgIpc) is 3.37. The molecule has 2 aromatic carbocycles. The maximum absolute atomic E-state index is 13.0. The molecule has 0 radical (unpaired) electrons. The molecule has 4 aromatic rings. The van der Waals surface area contributed by atoms with Gasteiger partial charge in [0.25, 0.3) is 15.9 Å². The molecule has 39 heavy (non-hydrogen) atoms. The first-order chi connectivity index (χ1) is 18.7. The van der Waals surface area contributed by atoms with Crippen molar-refractivity contribution >= 4 is 21.7 Å².